The number of ether oxygens (including phenoxy) is 1. The van der Waals surface area contributed by atoms with Gasteiger partial charge in [-0.3, -0.25) is 4.79 Å². The fourth-order valence-electron chi connectivity index (χ4n) is 10.3. The van der Waals surface area contributed by atoms with Crippen LogP contribution in [0.2, 0.25) is 10.1 Å². The minimum Gasteiger partial charge on any atom is -0.490 e. The van der Waals surface area contributed by atoms with Crippen molar-refractivity contribution < 1.29 is 27.5 Å². The molecule has 8 rings (SSSR count). The fourth-order valence-corrected chi connectivity index (χ4v) is 16.2. The normalized spacial score (nSPS) is 27.6. The highest BCUT2D eigenvalue weighted by Crippen LogP contribution is 2.47. The largest absolute Gasteiger partial charge is 0.490 e. The number of amides is 1. The Balaban J connectivity index is 1.15. The number of fused-ring (bicyclic) bond motifs is 4. The Morgan fingerprint density at radius 2 is 1.68 bits per heavy atom. The van der Waals surface area contributed by atoms with Crippen molar-refractivity contribution in [3.05, 3.63) is 131 Å². The van der Waals surface area contributed by atoms with Gasteiger partial charge in [-0.15, -0.1) is 0 Å². The van der Waals surface area contributed by atoms with Gasteiger partial charge in [-0.1, -0.05) is 111 Å². The van der Waals surface area contributed by atoms with Crippen LogP contribution in [0.4, 0.5) is 5.69 Å². The molecule has 4 aromatic carbocycles. The van der Waals surface area contributed by atoms with E-state index in [1.807, 2.05) is 54.6 Å². The van der Waals surface area contributed by atoms with E-state index >= 15 is 0 Å². The van der Waals surface area contributed by atoms with E-state index in [-0.39, 0.29) is 46.8 Å². The van der Waals surface area contributed by atoms with Gasteiger partial charge in [0, 0.05) is 41.6 Å². The number of hydrogen-bond donors (Lipinski definition) is 2. The molecule has 1 saturated carbocycles. The molecule has 0 unspecified atom stereocenters. The molecule has 11 heteroatoms. The fraction of sp³-hybridized carbons (Fsp3) is 0.438. The number of carbonyl (C=O) groups excluding carboxylic acids is 1. The average molecular weight is 854 g/mol. The molecule has 2 heterocycles. The molecule has 0 saturated heterocycles. The summed E-state index contributed by atoms with van der Waals surface area (Å²) in [5.74, 6) is -0.158. The maximum Gasteiger partial charge on any atom is 0.264 e. The van der Waals surface area contributed by atoms with Crippen LogP contribution < -0.4 is 24.7 Å². The van der Waals surface area contributed by atoms with Crippen LogP contribution in [0.15, 0.2) is 109 Å². The Bertz CT molecular complexity index is 2260. The Morgan fingerprint density at radius 3 is 2.34 bits per heavy atom. The first kappa shape index (κ1) is 41.8. The highest BCUT2D eigenvalue weighted by Gasteiger charge is 2.51. The lowest BCUT2D eigenvalue weighted by atomic mass is 9.68. The summed E-state index contributed by atoms with van der Waals surface area (Å²) in [5, 5.41) is 13.7. The summed E-state index contributed by atoms with van der Waals surface area (Å²) >= 11 is 6.48. The number of carbonyl (C=O) groups is 1. The summed E-state index contributed by atoms with van der Waals surface area (Å²) < 4.78 is 44.4. The van der Waals surface area contributed by atoms with Crippen molar-refractivity contribution in [1.29, 1.82) is 0 Å². The average Bonchev–Trinajstić information content (AvgIpc) is 3.35. The summed E-state index contributed by atoms with van der Waals surface area (Å²) in [6, 6.07) is 32.2. The molecule has 4 aromatic rings. The minimum absolute atomic E-state index is 0.0195. The maximum absolute atomic E-state index is 14.0. The SMILES string of the molecule is C[C@@H]1C[C@H](CO[Si](c2ccccc2)(c2ccccc2)C(C)(C)C)/C=C/[C@H](O)[C@@H]2CC[C@H]2CN2C[C@@]3(CCCc4cc(Cl)ccc43)COc3ccc(cc32)C(=O)NS1(=O)=O. The Hall–Kier alpha value is -3.93. The second-order valence-electron chi connectivity index (χ2n) is 18.4. The quantitative estimate of drug-likeness (QED) is 0.156. The van der Waals surface area contributed by atoms with Gasteiger partial charge in [-0.25, -0.2) is 13.1 Å². The van der Waals surface area contributed by atoms with E-state index in [1.165, 1.54) is 11.1 Å². The second-order valence-corrected chi connectivity index (χ2v) is 25.3. The molecule has 0 radical (unpaired) electrons. The highest BCUT2D eigenvalue weighted by molar-refractivity contribution is 7.90. The monoisotopic (exact) mass is 852 g/mol. The number of sulfonamides is 1. The number of aliphatic hydroxyl groups excluding tert-OH is 1. The first-order chi connectivity index (χ1) is 28.2. The third-order valence-electron chi connectivity index (χ3n) is 13.6. The highest BCUT2D eigenvalue weighted by atomic mass is 35.5. The topological polar surface area (TPSA) is 105 Å². The zero-order chi connectivity index (χ0) is 41.6. The molecule has 59 heavy (non-hydrogen) atoms. The molecule has 2 aliphatic heterocycles. The van der Waals surface area contributed by atoms with Crippen molar-refractivity contribution in [3.63, 3.8) is 0 Å². The first-order valence-corrected chi connectivity index (χ1v) is 25.0. The Morgan fingerprint density at radius 1 is 0.966 bits per heavy atom. The van der Waals surface area contributed by atoms with Gasteiger partial charge in [0.15, 0.2) is 0 Å². The summed E-state index contributed by atoms with van der Waals surface area (Å²) in [7, 11) is -7.08. The lowest BCUT2D eigenvalue weighted by Crippen LogP contribution is -2.66. The smallest absolute Gasteiger partial charge is 0.264 e. The van der Waals surface area contributed by atoms with Crippen molar-refractivity contribution in [2.45, 2.75) is 88.0 Å². The van der Waals surface area contributed by atoms with E-state index in [1.54, 1.807) is 25.1 Å². The molecule has 2 aliphatic carbocycles. The zero-order valence-electron chi connectivity index (χ0n) is 34.6. The number of benzene rings is 4. The minimum atomic E-state index is -4.12. The number of aliphatic hydroxyl groups is 1. The molecule has 8 nitrogen and oxygen atoms in total. The number of halogens is 1. The van der Waals surface area contributed by atoms with Crippen LogP contribution in [0.3, 0.4) is 0 Å². The molecule has 2 N–H and O–H groups in total. The standard InChI is InChI=1S/C48H57ClN2O6SSi/c1-33-26-34(30-57-59(47(2,3)4,39-13-7-5-8-14-39)40-15-9-6-10-16-40)17-23-44(52)41-21-18-37(41)29-51-31-48(25-11-12-35-27-38(49)20-22-42(35)48)32-56-45-24-19-36(28-43(45)51)46(53)50-58(33,54)55/h5-10,13-17,19-20,22-24,27-28,33-34,37,41,44,52H,11-12,18,21,25-26,29-32H2,1-4H3,(H,50,53)/b23-17+/t33-,34-,37+,41-,44+,48+/m1/s1. The molecular weight excluding hydrogens is 796 g/mol. The number of anilines is 1. The molecule has 4 aliphatic rings. The van der Waals surface area contributed by atoms with Gasteiger partial charge in [-0.05, 0) is 114 Å². The van der Waals surface area contributed by atoms with Crippen molar-refractivity contribution in [2.24, 2.45) is 17.8 Å². The van der Waals surface area contributed by atoms with Crippen molar-refractivity contribution in [2.75, 3.05) is 31.2 Å². The molecule has 6 atom stereocenters. The summed E-state index contributed by atoms with van der Waals surface area (Å²) in [6.07, 6.45) is 8.07. The third-order valence-corrected chi connectivity index (χ3v) is 20.5. The number of hydrogen-bond acceptors (Lipinski definition) is 7. The summed E-state index contributed by atoms with van der Waals surface area (Å²) in [5.41, 5.74) is 3.19. The van der Waals surface area contributed by atoms with E-state index in [0.29, 0.717) is 25.4 Å². The van der Waals surface area contributed by atoms with Crippen LogP contribution in [0.1, 0.15) is 81.3 Å². The van der Waals surface area contributed by atoms with Crippen LogP contribution in [-0.2, 0) is 26.3 Å². The van der Waals surface area contributed by atoms with Gasteiger partial charge in [0.1, 0.15) is 5.75 Å². The van der Waals surface area contributed by atoms with Crippen molar-refractivity contribution >= 4 is 51.9 Å². The van der Waals surface area contributed by atoms with Crippen LogP contribution >= 0.6 is 11.6 Å². The number of aryl methyl sites for hydroxylation is 1. The summed E-state index contributed by atoms with van der Waals surface area (Å²) in [4.78, 5) is 16.3. The van der Waals surface area contributed by atoms with Gasteiger partial charge >= 0.3 is 0 Å². The van der Waals surface area contributed by atoms with Crippen molar-refractivity contribution in [3.8, 4) is 5.75 Å². The van der Waals surface area contributed by atoms with Gasteiger partial charge in [0.05, 0.1) is 23.6 Å². The van der Waals surface area contributed by atoms with Crippen LogP contribution in [-0.4, -0.2) is 65.4 Å². The van der Waals surface area contributed by atoms with Crippen LogP contribution in [0, 0.1) is 17.8 Å². The number of nitrogens with one attached hydrogen (secondary N) is 1. The predicted molar refractivity (Wildman–Crippen MR) is 239 cm³/mol. The van der Waals surface area contributed by atoms with E-state index in [2.05, 4.69) is 66.8 Å². The molecule has 1 fully saturated rings. The number of nitrogens with zero attached hydrogens (tertiary/aromatic N) is 1. The van der Waals surface area contributed by atoms with Crippen LogP contribution in [0.25, 0.3) is 0 Å². The van der Waals surface area contributed by atoms with Gasteiger partial charge in [-0.2, -0.15) is 0 Å². The number of rotatable bonds is 5. The summed E-state index contributed by atoms with van der Waals surface area (Å²) in [6.45, 7) is 10.3. The Labute approximate surface area is 356 Å². The van der Waals surface area contributed by atoms with Gasteiger partial charge < -0.3 is 19.2 Å². The molecule has 2 bridgehead atoms. The van der Waals surface area contributed by atoms with E-state index in [0.717, 1.165) is 53.2 Å². The van der Waals surface area contributed by atoms with E-state index in [4.69, 9.17) is 20.8 Å². The molecule has 1 spiro atoms. The lowest BCUT2D eigenvalue weighted by Gasteiger charge is -2.45. The zero-order valence-corrected chi connectivity index (χ0v) is 37.1. The molecule has 312 valence electrons. The molecule has 1 amide bonds. The maximum atomic E-state index is 14.0. The van der Waals surface area contributed by atoms with E-state index < -0.39 is 35.6 Å². The molecular formula is C48H57ClN2O6SSi. The lowest BCUT2D eigenvalue weighted by molar-refractivity contribution is 0.0453. The predicted octanol–water partition coefficient (Wildman–Crippen LogP) is 7.80. The van der Waals surface area contributed by atoms with Crippen molar-refractivity contribution in [1.82, 2.24) is 4.72 Å². The Kier molecular flexibility index (Phi) is 11.7. The van der Waals surface area contributed by atoms with Gasteiger partial charge in [0.2, 0.25) is 10.0 Å². The first-order valence-electron chi connectivity index (χ1n) is 21.2. The van der Waals surface area contributed by atoms with Gasteiger partial charge in [0.25, 0.3) is 14.2 Å². The van der Waals surface area contributed by atoms with E-state index in [9.17, 15) is 18.3 Å². The second kappa shape index (κ2) is 16.5. The van der Waals surface area contributed by atoms with Crippen LogP contribution in [0.5, 0.6) is 5.75 Å². The third kappa shape index (κ3) is 8.15. The molecule has 0 aromatic heterocycles.